The number of amides is 2. The van der Waals surface area contributed by atoms with Crippen LogP contribution < -0.4 is 5.32 Å². The number of hydrogen-bond acceptors (Lipinski definition) is 2. The Morgan fingerprint density at radius 2 is 1.95 bits per heavy atom. The van der Waals surface area contributed by atoms with Gasteiger partial charge in [-0.15, -0.1) is 0 Å². The largest absolute Gasteiger partial charge is 0.344 e. The van der Waals surface area contributed by atoms with Crippen molar-refractivity contribution in [2.24, 2.45) is 11.3 Å². The zero-order valence-corrected chi connectivity index (χ0v) is 13.9. The second kappa shape index (κ2) is 6.37. The van der Waals surface area contributed by atoms with E-state index in [-0.39, 0.29) is 17.2 Å². The van der Waals surface area contributed by atoms with Crippen molar-refractivity contribution in [3.63, 3.8) is 0 Å². The molecule has 0 radical (unpaired) electrons. The van der Waals surface area contributed by atoms with Crippen LogP contribution in [0.1, 0.15) is 66.2 Å². The predicted molar refractivity (Wildman–Crippen MR) is 83.8 cm³/mol. The van der Waals surface area contributed by atoms with Crippen LogP contribution in [0.25, 0.3) is 0 Å². The topological polar surface area (TPSA) is 49.4 Å². The van der Waals surface area contributed by atoms with E-state index in [1.807, 2.05) is 25.7 Å². The number of rotatable bonds is 2. The first kappa shape index (κ1) is 16.3. The summed E-state index contributed by atoms with van der Waals surface area (Å²) < 4.78 is 0. The molecule has 3 atom stereocenters. The van der Waals surface area contributed by atoms with Gasteiger partial charge in [-0.1, -0.05) is 47.0 Å². The Balaban J connectivity index is 2.17. The highest BCUT2D eigenvalue weighted by molar-refractivity contribution is 5.90. The van der Waals surface area contributed by atoms with Gasteiger partial charge in [0, 0.05) is 19.0 Å². The minimum absolute atomic E-state index is 0.00799. The Morgan fingerprint density at radius 1 is 1.24 bits per heavy atom. The van der Waals surface area contributed by atoms with Crippen LogP contribution in [0.4, 0.5) is 0 Å². The Hall–Kier alpha value is -1.06. The molecule has 1 saturated carbocycles. The van der Waals surface area contributed by atoms with Crippen LogP contribution in [-0.2, 0) is 9.59 Å². The van der Waals surface area contributed by atoms with E-state index >= 15 is 0 Å². The van der Waals surface area contributed by atoms with E-state index < -0.39 is 6.04 Å². The average Bonchev–Trinajstić information content (AvgIpc) is 2.58. The zero-order valence-electron chi connectivity index (χ0n) is 13.9. The fourth-order valence-corrected chi connectivity index (χ4v) is 3.66. The molecule has 4 heteroatoms. The van der Waals surface area contributed by atoms with Gasteiger partial charge in [-0.2, -0.15) is 0 Å². The van der Waals surface area contributed by atoms with E-state index in [0.717, 1.165) is 18.8 Å². The molecular weight excluding hydrogens is 264 g/mol. The molecule has 1 N–H and O–H groups in total. The molecule has 1 heterocycles. The minimum Gasteiger partial charge on any atom is -0.344 e. The molecule has 0 aromatic carbocycles. The number of carbonyl (C=O) groups excluding carboxylic acids is 2. The van der Waals surface area contributed by atoms with E-state index in [1.165, 1.54) is 19.3 Å². The van der Waals surface area contributed by atoms with Crippen LogP contribution in [-0.4, -0.2) is 35.3 Å². The highest BCUT2D eigenvalue weighted by Gasteiger charge is 2.40. The molecule has 1 aliphatic heterocycles. The molecule has 2 amide bonds. The van der Waals surface area contributed by atoms with Crippen LogP contribution in [0.3, 0.4) is 0 Å². The minimum atomic E-state index is -0.394. The molecule has 0 aromatic heterocycles. The second-order valence-electron chi connectivity index (χ2n) is 7.74. The molecule has 0 bridgehead atoms. The molecule has 0 aromatic rings. The molecule has 0 spiro atoms. The third kappa shape index (κ3) is 3.78. The van der Waals surface area contributed by atoms with Gasteiger partial charge in [0.25, 0.3) is 0 Å². The van der Waals surface area contributed by atoms with Crippen molar-refractivity contribution in [2.45, 2.75) is 78.3 Å². The van der Waals surface area contributed by atoms with E-state index in [9.17, 15) is 9.59 Å². The smallest absolute Gasteiger partial charge is 0.245 e. The molecule has 2 rings (SSSR count). The summed E-state index contributed by atoms with van der Waals surface area (Å²) in [6.45, 7) is 8.89. The lowest BCUT2D eigenvalue weighted by atomic mass is 9.82. The monoisotopic (exact) mass is 294 g/mol. The van der Waals surface area contributed by atoms with Crippen molar-refractivity contribution < 1.29 is 9.59 Å². The molecule has 1 saturated heterocycles. The number of nitrogens with one attached hydrogen (secondary N) is 1. The highest BCUT2D eigenvalue weighted by Crippen LogP contribution is 2.32. The average molecular weight is 294 g/mol. The fraction of sp³-hybridized carbons (Fsp3) is 0.882. The van der Waals surface area contributed by atoms with Gasteiger partial charge < -0.3 is 10.2 Å². The van der Waals surface area contributed by atoms with Gasteiger partial charge in [-0.05, 0) is 24.2 Å². The van der Waals surface area contributed by atoms with Crippen LogP contribution >= 0.6 is 0 Å². The number of hydrogen-bond donors (Lipinski definition) is 1. The zero-order chi connectivity index (χ0) is 15.6. The lowest BCUT2D eigenvalue weighted by molar-refractivity contribution is -0.139. The van der Waals surface area contributed by atoms with Gasteiger partial charge in [-0.25, -0.2) is 0 Å². The molecular formula is C17H30N2O2. The summed E-state index contributed by atoms with van der Waals surface area (Å²) in [5, 5.41) is 2.93. The summed E-state index contributed by atoms with van der Waals surface area (Å²) in [5.41, 5.74) is -0.242. The van der Waals surface area contributed by atoms with Gasteiger partial charge in [-0.3, -0.25) is 9.59 Å². The molecule has 21 heavy (non-hydrogen) atoms. The van der Waals surface area contributed by atoms with Crippen molar-refractivity contribution in [3.05, 3.63) is 0 Å². The van der Waals surface area contributed by atoms with Gasteiger partial charge in [0.05, 0.1) is 0 Å². The maximum atomic E-state index is 12.9. The molecule has 1 aliphatic carbocycles. The Kier molecular flexibility index (Phi) is 4.95. The van der Waals surface area contributed by atoms with E-state index in [2.05, 4.69) is 12.2 Å². The molecule has 4 nitrogen and oxygen atoms in total. The van der Waals surface area contributed by atoms with Crippen molar-refractivity contribution >= 4 is 11.8 Å². The summed E-state index contributed by atoms with van der Waals surface area (Å²) in [6, 6.07) is -0.0664. The SMILES string of the molecule is CCC1CCCC(N2CCC(=O)NC(C(C)(C)C)C2=O)C1. The highest BCUT2D eigenvalue weighted by atomic mass is 16.2. The third-order valence-corrected chi connectivity index (χ3v) is 5.05. The van der Waals surface area contributed by atoms with Crippen LogP contribution in [0.5, 0.6) is 0 Å². The van der Waals surface area contributed by atoms with Gasteiger partial charge in [0.2, 0.25) is 11.8 Å². The Labute approximate surface area is 128 Å². The summed E-state index contributed by atoms with van der Waals surface area (Å²) in [4.78, 5) is 26.9. The van der Waals surface area contributed by atoms with Crippen molar-refractivity contribution in [3.8, 4) is 0 Å². The molecule has 120 valence electrons. The lowest BCUT2D eigenvalue weighted by Gasteiger charge is -2.39. The second-order valence-corrected chi connectivity index (χ2v) is 7.74. The molecule has 3 unspecified atom stereocenters. The first-order chi connectivity index (χ1) is 9.82. The maximum absolute atomic E-state index is 12.9. The van der Waals surface area contributed by atoms with Crippen molar-refractivity contribution in [1.82, 2.24) is 10.2 Å². The summed E-state index contributed by atoms with van der Waals surface area (Å²) >= 11 is 0. The summed E-state index contributed by atoms with van der Waals surface area (Å²) in [7, 11) is 0. The van der Waals surface area contributed by atoms with Crippen molar-refractivity contribution in [1.29, 1.82) is 0 Å². The van der Waals surface area contributed by atoms with Crippen LogP contribution in [0.15, 0.2) is 0 Å². The van der Waals surface area contributed by atoms with Crippen molar-refractivity contribution in [2.75, 3.05) is 6.54 Å². The van der Waals surface area contributed by atoms with Gasteiger partial charge >= 0.3 is 0 Å². The normalized spacial score (nSPS) is 31.8. The quantitative estimate of drug-likeness (QED) is 0.851. The van der Waals surface area contributed by atoms with Crippen LogP contribution in [0, 0.1) is 11.3 Å². The Morgan fingerprint density at radius 3 is 2.57 bits per heavy atom. The van der Waals surface area contributed by atoms with Crippen LogP contribution in [0.2, 0.25) is 0 Å². The summed E-state index contributed by atoms with van der Waals surface area (Å²) in [5.74, 6) is 0.861. The number of nitrogens with zero attached hydrogens (tertiary/aromatic N) is 1. The fourth-order valence-electron chi connectivity index (χ4n) is 3.66. The first-order valence-corrected chi connectivity index (χ1v) is 8.42. The van der Waals surface area contributed by atoms with Gasteiger partial charge in [0.15, 0.2) is 0 Å². The van der Waals surface area contributed by atoms with E-state index in [4.69, 9.17) is 0 Å². The summed E-state index contributed by atoms with van der Waals surface area (Å²) in [6.07, 6.45) is 6.31. The molecule has 2 aliphatic rings. The van der Waals surface area contributed by atoms with Gasteiger partial charge in [0.1, 0.15) is 6.04 Å². The van der Waals surface area contributed by atoms with E-state index in [0.29, 0.717) is 19.0 Å². The maximum Gasteiger partial charge on any atom is 0.245 e. The van der Waals surface area contributed by atoms with E-state index in [1.54, 1.807) is 0 Å². The lowest BCUT2D eigenvalue weighted by Crippen LogP contribution is -2.54. The third-order valence-electron chi connectivity index (χ3n) is 5.05. The molecule has 2 fully saturated rings. The predicted octanol–water partition coefficient (Wildman–Crippen LogP) is 2.72. The number of carbonyl (C=O) groups is 2. The Bertz CT molecular complexity index is 400. The first-order valence-electron chi connectivity index (χ1n) is 8.42. The standard InChI is InChI=1S/C17H30N2O2/c1-5-12-7-6-8-13(11-12)19-10-9-14(20)18-15(16(19)21)17(2,3)4/h12-13,15H,5-11H2,1-4H3,(H,18,20).